The van der Waals surface area contributed by atoms with Crippen molar-refractivity contribution >= 4 is 17.8 Å². The van der Waals surface area contributed by atoms with Crippen LogP contribution in [0.4, 0.5) is 10.6 Å². The smallest absolute Gasteiger partial charge is 0.409 e. The molecule has 1 aromatic heterocycles. The molecule has 0 atom stereocenters. The molecule has 0 aliphatic carbocycles. The molecule has 2 fully saturated rings. The van der Waals surface area contributed by atoms with Crippen molar-refractivity contribution in [2.45, 2.75) is 0 Å². The first kappa shape index (κ1) is 17.5. The summed E-state index contributed by atoms with van der Waals surface area (Å²) >= 11 is 0. The molecule has 1 aromatic rings. The van der Waals surface area contributed by atoms with Gasteiger partial charge >= 0.3 is 6.09 Å². The van der Waals surface area contributed by atoms with Crippen molar-refractivity contribution in [1.82, 2.24) is 19.7 Å². The predicted molar refractivity (Wildman–Crippen MR) is 93.8 cm³/mol. The lowest BCUT2D eigenvalue weighted by Crippen LogP contribution is -2.50. The Morgan fingerprint density at radius 1 is 1.00 bits per heavy atom. The van der Waals surface area contributed by atoms with E-state index >= 15 is 0 Å². The Hall–Kier alpha value is -2.35. The molecular weight excluding hydrogens is 322 g/mol. The first-order valence-electron chi connectivity index (χ1n) is 8.60. The first-order valence-corrected chi connectivity index (χ1v) is 8.60. The highest BCUT2D eigenvalue weighted by Gasteiger charge is 2.26. The molecule has 2 saturated heterocycles. The number of piperazine rings is 2. The van der Waals surface area contributed by atoms with E-state index in [0.717, 1.165) is 32.0 Å². The van der Waals surface area contributed by atoms with Crippen molar-refractivity contribution in [2.24, 2.45) is 0 Å². The summed E-state index contributed by atoms with van der Waals surface area (Å²) < 4.78 is 4.73. The Labute approximate surface area is 147 Å². The zero-order valence-corrected chi connectivity index (χ0v) is 14.8. The van der Waals surface area contributed by atoms with E-state index in [4.69, 9.17) is 4.74 Å². The fraction of sp³-hybridized carbons (Fsp3) is 0.588. The molecule has 2 aliphatic heterocycles. The minimum atomic E-state index is -0.339. The second-order valence-corrected chi connectivity index (χ2v) is 6.44. The fourth-order valence-electron chi connectivity index (χ4n) is 3.16. The Balaban J connectivity index is 1.63. The van der Waals surface area contributed by atoms with Gasteiger partial charge in [-0.25, -0.2) is 9.78 Å². The van der Waals surface area contributed by atoms with Crippen LogP contribution >= 0.6 is 0 Å². The van der Waals surface area contributed by atoms with E-state index in [1.54, 1.807) is 22.1 Å². The van der Waals surface area contributed by atoms with Gasteiger partial charge in [-0.1, -0.05) is 0 Å². The van der Waals surface area contributed by atoms with Crippen LogP contribution < -0.4 is 4.90 Å². The van der Waals surface area contributed by atoms with Crippen LogP contribution in [0.15, 0.2) is 18.3 Å². The van der Waals surface area contributed by atoms with Gasteiger partial charge in [0.25, 0.3) is 5.91 Å². The van der Waals surface area contributed by atoms with E-state index in [9.17, 15) is 9.59 Å². The van der Waals surface area contributed by atoms with Gasteiger partial charge in [-0.2, -0.15) is 0 Å². The summed E-state index contributed by atoms with van der Waals surface area (Å²) in [5.74, 6) is 0.842. The molecule has 0 saturated carbocycles. The molecule has 8 nitrogen and oxygen atoms in total. The molecule has 3 heterocycles. The van der Waals surface area contributed by atoms with E-state index in [2.05, 4.69) is 21.8 Å². The normalized spacial score (nSPS) is 19.0. The minimum absolute atomic E-state index is 0.0118. The zero-order chi connectivity index (χ0) is 17.8. The lowest BCUT2D eigenvalue weighted by molar-refractivity contribution is 0.0599. The van der Waals surface area contributed by atoms with Gasteiger partial charge in [-0.05, 0) is 19.2 Å². The lowest BCUT2D eigenvalue weighted by atomic mass is 10.2. The summed E-state index contributed by atoms with van der Waals surface area (Å²) in [6.07, 6.45) is 1.36. The summed E-state index contributed by atoms with van der Waals surface area (Å²) in [5, 5.41) is 0. The molecule has 25 heavy (non-hydrogen) atoms. The molecule has 2 amide bonds. The quantitative estimate of drug-likeness (QED) is 0.769. The van der Waals surface area contributed by atoms with Crippen molar-refractivity contribution in [3.05, 3.63) is 23.9 Å². The standard InChI is InChI=1S/C17H25N5O3/c1-19-5-7-20(8-6-19)15-13-14(3-4-18-15)16(23)21-9-11-22(12-10-21)17(24)25-2/h3-4,13H,5-12H2,1-2H3. The van der Waals surface area contributed by atoms with E-state index < -0.39 is 0 Å². The number of ether oxygens (including phenoxy) is 1. The Bertz CT molecular complexity index is 622. The van der Waals surface area contributed by atoms with Crippen LogP contribution in [0.25, 0.3) is 0 Å². The lowest BCUT2D eigenvalue weighted by Gasteiger charge is -2.34. The second kappa shape index (κ2) is 7.69. The van der Waals surface area contributed by atoms with Crippen molar-refractivity contribution < 1.29 is 14.3 Å². The zero-order valence-electron chi connectivity index (χ0n) is 14.8. The number of likely N-dealkylation sites (N-methyl/N-ethyl adjacent to an activating group) is 1. The molecule has 0 radical (unpaired) electrons. The largest absolute Gasteiger partial charge is 0.453 e. The summed E-state index contributed by atoms with van der Waals surface area (Å²) in [6, 6.07) is 3.63. The Morgan fingerprint density at radius 3 is 2.28 bits per heavy atom. The van der Waals surface area contributed by atoms with Crippen LogP contribution in [0, 0.1) is 0 Å². The van der Waals surface area contributed by atoms with Gasteiger partial charge in [-0.15, -0.1) is 0 Å². The van der Waals surface area contributed by atoms with Crippen LogP contribution in [0.3, 0.4) is 0 Å². The van der Waals surface area contributed by atoms with Crippen LogP contribution in [0.2, 0.25) is 0 Å². The number of rotatable bonds is 2. The molecule has 0 aromatic carbocycles. The van der Waals surface area contributed by atoms with Gasteiger partial charge < -0.3 is 24.3 Å². The fourth-order valence-corrected chi connectivity index (χ4v) is 3.16. The Morgan fingerprint density at radius 2 is 1.64 bits per heavy atom. The number of hydrogen-bond donors (Lipinski definition) is 0. The van der Waals surface area contributed by atoms with Gasteiger partial charge in [0.1, 0.15) is 5.82 Å². The maximum atomic E-state index is 12.8. The van der Waals surface area contributed by atoms with E-state index in [0.29, 0.717) is 31.7 Å². The average molecular weight is 347 g/mol. The molecular formula is C17H25N5O3. The summed E-state index contributed by atoms with van der Waals surface area (Å²) in [6.45, 7) is 5.84. The SMILES string of the molecule is COC(=O)N1CCN(C(=O)c2ccnc(N3CCN(C)CC3)c2)CC1. The second-order valence-electron chi connectivity index (χ2n) is 6.44. The van der Waals surface area contributed by atoms with Gasteiger partial charge in [0, 0.05) is 64.1 Å². The van der Waals surface area contributed by atoms with Gasteiger partial charge in [0.15, 0.2) is 0 Å². The topological polar surface area (TPSA) is 69.2 Å². The monoisotopic (exact) mass is 347 g/mol. The number of aromatic nitrogens is 1. The van der Waals surface area contributed by atoms with Crippen LogP contribution in [-0.2, 0) is 4.74 Å². The molecule has 3 rings (SSSR count). The van der Waals surface area contributed by atoms with E-state index in [1.165, 1.54) is 7.11 Å². The average Bonchev–Trinajstić information content (AvgIpc) is 2.67. The molecule has 0 N–H and O–H groups in total. The highest BCUT2D eigenvalue weighted by Crippen LogP contribution is 2.17. The number of amides is 2. The van der Waals surface area contributed by atoms with E-state index in [-0.39, 0.29) is 12.0 Å². The third-order valence-corrected chi connectivity index (χ3v) is 4.82. The highest BCUT2D eigenvalue weighted by atomic mass is 16.5. The number of nitrogens with zero attached hydrogens (tertiary/aromatic N) is 5. The number of carbonyl (C=O) groups excluding carboxylic acids is 2. The maximum absolute atomic E-state index is 12.8. The van der Waals surface area contributed by atoms with Crippen molar-refractivity contribution in [3.8, 4) is 0 Å². The van der Waals surface area contributed by atoms with Crippen molar-refractivity contribution in [3.63, 3.8) is 0 Å². The number of pyridine rings is 1. The summed E-state index contributed by atoms with van der Waals surface area (Å²) in [5.41, 5.74) is 0.649. The van der Waals surface area contributed by atoms with Crippen molar-refractivity contribution in [2.75, 3.05) is 71.4 Å². The van der Waals surface area contributed by atoms with Gasteiger partial charge in [0.2, 0.25) is 0 Å². The highest BCUT2D eigenvalue weighted by molar-refractivity contribution is 5.95. The summed E-state index contributed by atoms with van der Waals surface area (Å²) in [7, 11) is 3.48. The molecule has 0 unspecified atom stereocenters. The predicted octanol–water partition coefficient (Wildman–Crippen LogP) is 0.358. The van der Waals surface area contributed by atoms with Gasteiger partial charge in [-0.3, -0.25) is 4.79 Å². The third-order valence-electron chi connectivity index (χ3n) is 4.82. The maximum Gasteiger partial charge on any atom is 0.409 e. The molecule has 136 valence electrons. The molecule has 0 bridgehead atoms. The van der Waals surface area contributed by atoms with Gasteiger partial charge in [0.05, 0.1) is 7.11 Å². The molecule has 2 aliphatic rings. The number of methoxy groups -OCH3 is 1. The van der Waals surface area contributed by atoms with Crippen LogP contribution in [0.5, 0.6) is 0 Å². The number of anilines is 1. The van der Waals surface area contributed by atoms with Crippen LogP contribution in [0.1, 0.15) is 10.4 Å². The molecule has 8 heteroatoms. The molecule has 0 spiro atoms. The minimum Gasteiger partial charge on any atom is -0.453 e. The number of carbonyl (C=O) groups is 2. The first-order chi connectivity index (χ1) is 12.1. The van der Waals surface area contributed by atoms with E-state index in [1.807, 2.05) is 6.07 Å². The van der Waals surface area contributed by atoms with Crippen molar-refractivity contribution in [1.29, 1.82) is 0 Å². The Kier molecular flexibility index (Phi) is 5.37. The third kappa shape index (κ3) is 4.01. The number of hydrogen-bond acceptors (Lipinski definition) is 6. The summed E-state index contributed by atoms with van der Waals surface area (Å²) in [4.78, 5) is 36.6. The van der Waals surface area contributed by atoms with Crippen LogP contribution in [-0.4, -0.2) is 98.2 Å².